The molecule has 29 heavy (non-hydrogen) atoms. The first-order valence-corrected chi connectivity index (χ1v) is 9.41. The first-order chi connectivity index (χ1) is 14.0. The minimum atomic E-state index is -0.341. The van der Waals surface area contributed by atoms with Gasteiger partial charge in [0.05, 0.1) is 38.6 Å². The second-order valence-corrected chi connectivity index (χ2v) is 7.04. The molecule has 2 aliphatic rings. The maximum absolute atomic E-state index is 12.8. The van der Waals surface area contributed by atoms with Crippen molar-refractivity contribution < 1.29 is 23.8 Å². The third-order valence-corrected chi connectivity index (χ3v) is 5.06. The van der Waals surface area contributed by atoms with Crippen molar-refractivity contribution in [3.8, 4) is 11.5 Å². The van der Waals surface area contributed by atoms with Crippen molar-refractivity contribution in [3.63, 3.8) is 0 Å². The van der Waals surface area contributed by atoms with E-state index in [0.29, 0.717) is 49.0 Å². The third-order valence-electron chi connectivity index (χ3n) is 5.06. The lowest BCUT2D eigenvalue weighted by molar-refractivity contribution is -0.128. The molecule has 4 rings (SSSR count). The smallest absolute Gasteiger partial charge is 0.251 e. The molecular formula is C19H23N5O5. The van der Waals surface area contributed by atoms with Gasteiger partial charge in [0, 0.05) is 25.6 Å². The van der Waals surface area contributed by atoms with Crippen LogP contribution < -0.4 is 14.8 Å². The zero-order valence-electron chi connectivity index (χ0n) is 16.3. The zero-order chi connectivity index (χ0) is 20.4. The van der Waals surface area contributed by atoms with Crippen molar-refractivity contribution >= 4 is 11.8 Å². The average Bonchev–Trinajstić information content (AvgIpc) is 3.32. The second-order valence-electron chi connectivity index (χ2n) is 7.04. The molecular weight excluding hydrogens is 378 g/mol. The van der Waals surface area contributed by atoms with Crippen molar-refractivity contribution in [2.75, 3.05) is 26.8 Å². The fourth-order valence-electron chi connectivity index (χ4n) is 3.48. The highest BCUT2D eigenvalue weighted by Gasteiger charge is 2.36. The molecule has 154 valence electrons. The van der Waals surface area contributed by atoms with E-state index >= 15 is 0 Å². The summed E-state index contributed by atoms with van der Waals surface area (Å²) >= 11 is 0. The fraction of sp³-hybridized carbons (Fsp3) is 0.474. The molecule has 4 bridgehead atoms. The third kappa shape index (κ3) is 4.16. The summed E-state index contributed by atoms with van der Waals surface area (Å²) in [4.78, 5) is 26.3. The number of methoxy groups -OCH3 is 1. The van der Waals surface area contributed by atoms with Gasteiger partial charge in [-0.2, -0.15) is 0 Å². The number of nitrogens with zero attached hydrogens (tertiary/aromatic N) is 4. The number of nitrogens with one attached hydrogen (secondary N) is 1. The quantitative estimate of drug-likeness (QED) is 0.729. The van der Waals surface area contributed by atoms with Gasteiger partial charge in [0.15, 0.2) is 11.5 Å². The van der Waals surface area contributed by atoms with Crippen LogP contribution in [0.15, 0.2) is 24.4 Å². The Balaban J connectivity index is 1.64. The summed E-state index contributed by atoms with van der Waals surface area (Å²) in [5.74, 6) is 0.686. The predicted octanol–water partition coefficient (Wildman–Crippen LogP) is 0.225. The highest BCUT2D eigenvalue weighted by molar-refractivity contribution is 5.95. The van der Waals surface area contributed by atoms with E-state index in [4.69, 9.17) is 14.2 Å². The highest BCUT2D eigenvalue weighted by Crippen LogP contribution is 2.28. The maximum Gasteiger partial charge on any atom is 0.251 e. The Hall–Kier alpha value is -3.14. The summed E-state index contributed by atoms with van der Waals surface area (Å²) < 4.78 is 18.8. The minimum Gasteiger partial charge on any atom is -0.493 e. The molecule has 0 unspecified atom stereocenters. The Morgan fingerprint density at radius 3 is 3.00 bits per heavy atom. The number of ether oxygens (including phenoxy) is 3. The predicted molar refractivity (Wildman–Crippen MR) is 101 cm³/mol. The van der Waals surface area contributed by atoms with Gasteiger partial charge in [0.2, 0.25) is 5.91 Å². The lowest BCUT2D eigenvalue weighted by Crippen LogP contribution is -2.44. The topological polar surface area (TPSA) is 108 Å². The van der Waals surface area contributed by atoms with Gasteiger partial charge in [0.1, 0.15) is 12.3 Å². The van der Waals surface area contributed by atoms with Crippen molar-refractivity contribution in [2.24, 2.45) is 0 Å². The number of likely N-dealkylation sites (tertiary alicyclic amines) is 1. The van der Waals surface area contributed by atoms with E-state index in [-0.39, 0.29) is 30.6 Å². The SMILES string of the molecule is COc1ccc2cc1OCCn1cc(nn1)CO[C@H]1CN(C(C)=O)C[C@@H]1NC2=O. The summed E-state index contributed by atoms with van der Waals surface area (Å²) in [7, 11) is 1.55. The number of fused-ring (bicyclic) bond motifs is 5. The molecule has 1 fully saturated rings. The van der Waals surface area contributed by atoms with E-state index in [9.17, 15) is 9.59 Å². The molecule has 2 aromatic rings. The Bertz CT molecular complexity index is 914. The number of rotatable bonds is 1. The van der Waals surface area contributed by atoms with Gasteiger partial charge in [0.25, 0.3) is 5.91 Å². The number of carbonyl (C=O) groups is 2. The Morgan fingerprint density at radius 2 is 2.21 bits per heavy atom. The van der Waals surface area contributed by atoms with Crippen LogP contribution in [0, 0.1) is 0 Å². The molecule has 3 heterocycles. The molecule has 1 aromatic heterocycles. The van der Waals surface area contributed by atoms with Crippen molar-refractivity contribution in [2.45, 2.75) is 32.2 Å². The zero-order valence-corrected chi connectivity index (χ0v) is 16.3. The van der Waals surface area contributed by atoms with Crippen molar-refractivity contribution in [3.05, 3.63) is 35.7 Å². The normalized spacial score (nSPS) is 22.0. The number of hydrogen-bond acceptors (Lipinski definition) is 7. The van der Waals surface area contributed by atoms with Crippen LogP contribution in [-0.2, 0) is 22.7 Å². The van der Waals surface area contributed by atoms with Crippen molar-refractivity contribution in [1.29, 1.82) is 0 Å². The van der Waals surface area contributed by atoms with E-state index in [0.717, 1.165) is 0 Å². The van der Waals surface area contributed by atoms with Crippen LogP contribution in [-0.4, -0.2) is 70.7 Å². The summed E-state index contributed by atoms with van der Waals surface area (Å²) in [5, 5.41) is 11.2. The molecule has 0 aliphatic carbocycles. The van der Waals surface area contributed by atoms with Gasteiger partial charge >= 0.3 is 0 Å². The molecule has 2 atom stereocenters. The van der Waals surface area contributed by atoms with Crippen molar-refractivity contribution in [1.82, 2.24) is 25.2 Å². The number of aromatic nitrogens is 3. The summed E-state index contributed by atoms with van der Waals surface area (Å²) in [6.07, 6.45) is 1.45. The van der Waals surface area contributed by atoms with Gasteiger partial charge in [-0.15, -0.1) is 5.10 Å². The standard InChI is InChI=1S/C19H23N5O5/c1-12(25)23-9-15-18(10-23)29-11-14-8-24(22-21-14)5-6-28-17-7-13(19(26)20-15)3-4-16(17)27-2/h3-4,7-8,15,18H,5-6,9-11H2,1-2H3,(H,20,26)/t15-,18-/m0/s1. The van der Waals surface area contributed by atoms with Crippen LogP contribution in [0.1, 0.15) is 23.0 Å². The molecule has 0 spiro atoms. The van der Waals surface area contributed by atoms with Gasteiger partial charge in [-0.3, -0.25) is 9.59 Å². The van der Waals surface area contributed by atoms with Crippen LogP contribution in [0.5, 0.6) is 11.5 Å². The number of hydrogen-bond donors (Lipinski definition) is 1. The molecule has 10 heteroatoms. The Kier molecular flexibility index (Phi) is 5.34. The van der Waals surface area contributed by atoms with Crippen LogP contribution in [0.2, 0.25) is 0 Å². The van der Waals surface area contributed by atoms with Gasteiger partial charge in [-0.1, -0.05) is 5.21 Å². The average molecular weight is 401 g/mol. The second kappa shape index (κ2) is 8.08. The summed E-state index contributed by atoms with van der Waals surface area (Å²) in [6, 6.07) is 4.68. The van der Waals surface area contributed by atoms with E-state index in [1.807, 2.05) is 0 Å². The highest BCUT2D eigenvalue weighted by atomic mass is 16.5. The van der Waals surface area contributed by atoms with E-state index < -0.39 is 0 Å². The fourth-order valence-corrected chi connectivity index (χ4v) is 3.48. The van der Waals surface area contributed by atoms with Gasteiger partial charge < -0.3 is 24.4 Å². The first kappa shape index (κ1) is 19.2. The monoisotopic (exact) mass is 401 g/mol. The molecule has 0 radical (unpaired) electrons. The van der Waals surface area contributed by atoms with E-state index in [1.165, 1.54) is 6.92 Å². The summed E-state index contributed by atoms with van der Waals surface area (Å²) in [5.41, 5.74) is 1.11. The molecule has 1 saturated heterocycles. The molecule has 1 aromatic carbocycles. The molecule has 10 nitrogen and oxygen atoms in total. The number of amides is 2. The lowest BCUT2D eigenvalue weighted by atomic mass is 10.1. The van der Waals surface area contributed by atoms with Gasteiger partial charge in [-0.25, -0.2) is 4.68 Å². The summed E-state index contributed by atoms with van der Waals surface area (Å²) in [6.45, 7) is 3.36. The van der Waals surface area contributed by atoms with E-state index in [2.05, 4.69) is 15.6 Å². The number of carbonyl (C=O) groups excluding carboxylic acids is 2. The molecule has 1 N–H and O–H groups in total. The Labute approximate surface area is 167 Å². The maximum atomic E-state index is 12.8. The molecule has 0 saturated carbocycles. The largest absolute Gasteiger partial charge is 0.493 e. The van der Waals surface area contributed by atoms with Gasteiger partial charge in [-0.05, 0) is 18.2 Å². The minimum absolute atomic E-state index is 0.0594. The van der Waals surface area contributed by atoms with Crippen LogP contribution >= 0.6 is 0 Å². The first-order valence-electron chi connectivity index (χ1n) is 9.41. The lowest BCUT2D eigenvalue weighted by Gasteiger charge is -2.20. The number of benzene rings is 1. The van der Waals surface area contributed by atoms with Crippen LogP contribution in [0.25, 0.3) is 0 Å². The Morgan fingerprint density at radius 1 is 1.34 bits per heavy atom. The molecule has 2 aliphatic heterocycles. The molecule has 2 amide bonds. The van der Waals surface area contributed by atoms with Crippen LogP contribution in [0.3, 0.4) is 0 Å². The van der Waals surface area contributed by atoms with Crippen LogP contribution in [0.4, 0.5) is 0 Å². The van der Waals surface area contributed by atoms with E-state index in [1.54, 1.807) is 41.1 Å².